The molecule has 6 aromatic carbocycles. The highest BCUT2D eigenvalue weighted by molar-refractivity contribution is 7.91. The minimum absolute atomic E-state index is 0.0941. The molecule has 0 saturated carbocycles. The number of Topliss-reactive ketones (excluding diaryl/α,β-unsaturated/α-hetero) is 2. The van der Waals surface area contributed by atoms with E-state index in [4.69, 9.17) is 19.7 Å². The molecule has 0 saturated heterocycles. The molecule has 348 valence electrons. The Balaban J connectivity index is 0.000000191. The van der Waals surface area contributed by atoms with E-state index in [-0.39, 0.29) is 37.7 Å². The lowest BCUT2D eigenvalue weighted by Crippen LogP contribution is -2.26. The van der Waals surface area contributed by atoms with Gasteiger partial charge in [-0.2, -0.15) is 4.79 Å². The van der Waals surface area contributed by atoms with Gasteiger partial charge >= 0.3 is 5.71 Å². The first-order valence-electron chi connectivity index (χ1n) is 21.3. The van der Waals surface area contributed by atoms with Crippen LogP contribution >= 0.6 is 0 Å². The molecule has 0 fully saturated rings. The van der Waals surface area contributed by atoms with E-state index in [1.807, 2.05) is 36.4 Å². The van der Waals surface area contributed by atoms with E-state index < -0.39 is 25.5 Å². The molecular weight excluding hydrogens is 897 g/mol. The quantitative estimate of drug-likeness (QED) is 0.0562. The first-order valence-corrected chi connectivity index (χ1v) is 25.0. The molecule has 2 aliphatic carbocycles. The van der Waals surface area contributed by atoms with Crippen molar-refractivity contribution in [3.8, 4) is 17.2 Å². The number of ketones is 2. The minimum Gasteiger partial charge on any atom is -0.497 e. The molecule has 2 aliphatic rings. The van der Waals surface area contributed by atoms with Gasteiger partial charge in [0.05, 0.1) is 31.1 Å². The Bertz CT molecular complexity index is 3190. The zero-order chi connectivity index (χ0) is 49.6. The number of sulfone groups is 2. The van der Waals surface area contributed by atoms with E-state index in [9.17, 15) is 26.4 Å². The molecule has 0 atom stereocenters. The number of carbonyl (C=O) groups excluding carboxylic acids is 2. The molecule has 68 heavy (non-hydrogen) atoms. The number of ether oxygens (including phenoxy) is 3. The molecule has 0 spiro atoms. The third-order valence-electron chi connectivity index (χ3n) is 12.2. The fraction of sp³-hybridized carbons (Fsp3) is 0.182. The lowest BCUT2D eigenvalue weighted by Gasteiger charge is -2.33. The van der Waals surface area contributed by atoms with Crippen molar-refractivity contribution < 1.29 is 45.4 Å². The van der Waals surface area contributed by atoms with Gasteiger partial charge in [0.2, 0.25) is 0 Å². The molecule has 0 bridgehead atoms. The monoisotopic (exact) mass is 948 g/mol. The van der Waals surface area contributed by atoms with Crippen LogP contribution in [0.25, 0.3) is 17.7 Å². The van der Waals surface area contributed by atoms with Gasteiger partial charge in [0.15, 0.2) is 25.5 Å². The normalized spacial score (nSPS) is 13.2. The van der Waals surface area contributed by atoms with E-state index in [1.165, 1.54) is 64.2 Å². The second-order valence-electron chi connectivity index (χ2n) is 16.8. The van der Waals surface area contributed by atoms with Gasteiger partial charge in [-0.05, 0) is 89.3 Å². The van der Waals surface area contributed by atoms with Crippen LogP contribution in [0.1, 0.15) is 80.4 Å². The number of hydrogen-bond donors (Lipinski definition) is 0. The summed E-state index contributed by atoms with van der Waals surface area (Å²) in [6.07, 6.45) is 8.12. The summed E-state index contributed by atoms with van der Waals surface area (Å²) < 4.78 is 62.3. The molecule has 13 heteroatoms. The Morgan fingerprint density at radius 1 is 0.485 bits per heavy atom. The van der Waals surface area contributed by atoms with E-state index in [0.29, 0.717) is 22.3 Å². The third kappa shape index (κ3) is 10.4. The van der Waals surface area contributed by atoms with Crippen molar-refractivity contribution in [2.75, 3.05) is 33.8 Å². The number of benzene rings is 6. The number of hydrogen-bond acceptors (Lipinski definition) is 9. The molecule has 0 N–H and O–H groups in total. The minimum atomic E-state index is -3.40. The van der Waals surface area contributed by atoms with E-state index >= 15 is 0 Å². The van der Waals surface area contributed by atoms with Gasteiger partial charge in [-0.25, -0.2) is 16.8 Å². The van der Waals surface area contributed by atoms with Crippen molar-refractivity contribution in [2.24, 2.45) is 0 Å². The highest BCUT2D eigenvalue weighted by Gasteiger charge is 2.33. The molecule has 0 aromatic heterocycles. The van der Waals surface area contributed by atoms with Crippen molar-refractivity contribution in [3.05, 3.63) is 213 Å². The largest absolute Gasteiger partial charge is 0.497 e. The van der Waals surface area contributed by atoms with Crippen LogP contribution in [0.3, 0.4) is 0 Å². The molecule has 0 unspecified atom stereocenters. The van der Waals surface area contributed by atoms with Gasteiger partial charge in [-0.15, -0.1) is 0 Å². The third-order valence-corrected chi connectivity index (χ3v) is 14.6. The first-order chi connectivity index (χ1) is 32.2. The summed E-state index contributed by atoms with van der Waals surface area (Å²) in [5, 5.41) is 0. The zero-order valence-corrected chi connectivity index (χ0v) is 40.7. The SMILES string of the molecule is C=C1C=Cc2c(cccc2S(C)(=O)=O)C1=O.COc1ccc(C(C)(C)c2ccc(C(C)(c3ccc(OC)cc3)c3ccc(OC)cc3)cc2)cc1.CS(=O)(=O)c1cccc2c1C=CC(=[N+]=[N-])C2=O. The van der Waals surface area contributed by atoms with Gasteiger partial charge < -0.3 is 19.7 Å². The van der Waals surface area contributed by atoms with Gasteiger partial charge in [-0.3, -0.25) is 9.59 Å². The second-order valence-corrected chi connectivity index (χ2v) is 20.8. The molecule has 8 rings (SSSR count). The van der Waals surface area contributed by atoms with Crippen LogP contribution in [-0.2, 0) is 30.5 Å². The van der Waals surface area contributed by atoms with Crippen molar-refractivity contribution in [1.82, 2.24) is 0 Å². The second kappa shape index (κ2) is 20.2. The Kier molecular flexibility index (Phi) is 14.8. The number of rotatable bonds is 10. The maximum atomic E-state index is 11.8. The highest BCUT2D eigenvalue weighted by Crippen LogP contribution is 2.42. The first kappa shape index (κ1) is 50.0. The number of carbonyl (C=O) groups is 2. The van der Waals surface area contributed by atoms with Crippen molar-refractivity contribution in [3.63, 3.8) is 0 Å². The number of methoxy groups -OCH3 is 3. The van der Waals surface area contributed by atoms with E-state index in [1.54, 1.807) is 45.6 Å². The lowest BCUT2D eigenvalue weighted by molar-refractivity contribution is -0.00436. The lowest BCUT2D eigenvalue weighted by atomic mass is 9.70. The van der Waals surface area contributed by atoms with Gasteiger partial charge in [0.1, 0.15) is 17.2 Å². The topological polar surface area (TPSA) is 167 Å². The Labute approximate surface area is 398 Å². The summed E-state index contributed by atoms with van der Waals surface area (Å²) in [5.41, 5.74) is 16.0. The van der Waals surface area contributed by atoms with Crippen molar-refractivity contribution in [1.29, 1.82) is 0 Å². The van der Waals surface area contributed by atoms with Crippen molar-refractivity contribution in [2.45, 2.75) is 41.4 Å². The maximum Gasteiger partial charge on any atom is 0.362 e. The maximum absolute atomic E-state index is 11.8. The van der Waals surface area contributed by atoms with Crippen LogP contribution in [-0.4, -0.2) is 72.7 Å². The predicted molar refractivity (Wildman–Crippen MR) is 267 cm³/mol. The molecule has 0 heterocycles. The van der Waals surface area contributed by atoms with Gasteiger partial charge in [0.25, 0.3) is 5.78 Å². The Hall–Kier alpha value is -7.44. The summed E-state index contributed by atoms with van der Waals surface area (Å²) in [6, 6.07) is 43.2. The summed E-state index contributed by atoms with van der Waals surface area (Å²) in [5.74, 6) is 1.86. The van der Waals surface area contributed by atoms with Crippen LogP contribution in [0, 0.1) is 0 Å². The number of allylic oxidation sites excluding steroid dienone is 3. The summed E-state index contributed by atoms with van der Waals surface area (Å²) in [6.45, 7) is 10.4. The van der Waals surface area contributed by atoms with Crippen LogP contribution in [0.4, 0.5) is 0 Å². The van der Waals surface area contributed by atoms with Crippen LogP contribution in [0.2, 0.25) is 0 Å². The fourth-order valence-corrected chi connectivity index (χ4v) is 9.91. The molecule has 0 radical (unpaired) electrons. The predicted octanol–water partition coefficient (Wildman–Crippen LogP) is 10.2. The Morgan fingerprint density at radius 2 is 0.824 bits per heavy atom. The van der Waals surface area contributed by atoms with Crippen molar-refractivity contribution >= 4 is 49.1 Å². The smallest absolute Gasteiger partial charge is 0.362 e. The highest BCUT2D eigenvalue weighted by atomic mass is 32.2. The number of nitrogens with zero attached hydrogens (tertiary/aromatic N) is 2. The molecule has 0 aliphatic heterocycles. The zero-order valence-electron chi connectivity index (χ0n) is 39.1. The van der Waals surface area contributed by atoms with E-state index in [2.05, 4.69) is 92.8 Å². The molecular formula is C55H52N2O9S2. The summed E-state index contributed by atoms with van der Waals surface area (Å²) in [7, 11) is -1.63. The fourth-order valence-electron chi connectivity index (χ4n) is 8.11. The van der Waals surface area contributed by atoms with Crippen LogP contribution in [0.15, 0.2) is 168 Å². The average molecular weight is 949 g/mol. The summed E-state index contributed by atoms with van der Waals surface area (Å²) in [4.78, 5) is 26.7. The molecule has 6 aromatic rings. The average Bonchev–Trinajstić information content (AvgIpc) is 3.34. The summed E-state index contributed by atoms with van der Waals surface area (Å²) >= 11 is 0. The van der Waals surface area contributed by atoms with E-state index in [0.717, 1.165) is 29.8 Å². The van der Waals surface area contributed by atoms with Gasteiger partial charge in [-0.1, -0.05) is 118 Å². The number of fused-ring (bicyclic) bond motifs is 2. The Morgan fingerprint density at radius 3 is 1.19 bits per heavy atom. The van der Waals surface area contributed by atoms with Crippen LogP contribution < -0.4 is 14.2 Å². The molecule has 0 amide bonds. The van der Waals surface area contributed by atoms with Gasteiger partial charge in [0, 0.05) is 57.2 Å². The van der Waals surface area contributed by atoms with Crippen LogP contribution in [0.5, 0.6) is 17.2 Å². The standard InChI is InChI=1S/C32H34O3.C12H10O3S.C11H8N2O3S/c1-31(2,24-11-17-28(33-4)18-12-24)23-7-9-25(10-8-23)32(3,26-13-19-29(34-5)20-14-26)27-15-21-30(35-6)22-16-27;1-8-6-7-9-10(12(8)13)4-3-5-11(9)16(2,14)15;1-17(15,16)10-4-2-3-8-7(10)5-6-9(13-12)11(8)14/h7-22H,1-6H3;3-7H,1H2,2H3;2-6H,1H3. The molecule has 11 nitrogen and oxygen atoms in total.